The molecule has 0 heterocycles. The molecule has 2 heteroatoms. The second-order valence-electron chi connectivity index (χ2n) is 10.9. The molecule has 0 saturated heterocycles. The monoisotopic (exact) mass is 566 g/mol. The predicted octanol–water partition coefficient (Wildman–Crippen LogP) is 10.5. The van der Waals surface area contributed by atoms with E-state index >= 15 is 0 Å². The zero-order valence-electron chi connectivity index (χ0n) is 23.7. The van der Waals surface area contributed by atoms with Gasteiger partial charge in [-0.05, 0) is 13.8 Å². The molecule has 0 aliphatic rings. The molecule has 0 radical (unpaired) electrons. The zero-order chi connectivity index (χ0) is 25.1. The minimum absolute atomic E-state index is 0.356. The Kier molecular flexibility index (Phi) is 19.8. The molecule has 0 aromatic heterocycles. The molecule has 0 saturated carbocycles. The van der Waals surface area contributed by atoms with E-state index in [0.717, 1.165) is 25.7 Å². The maximum atomic E-state index is 10.5. The summed E-state index contributed by atoms with van der Waals surface area (Å²) >= 11 is -2.17. The fraction of sp³-hybridized carbons (Fsp3) is 0.742. The molecule has 1 nitrogen and oxygen atoms in total. The fourth-order valence-corrected chi connectivity index (χ4v) is 20.6. The number of unbranched alkanes of at least 4 members (excludes halogenated alkanes) is 3. The van der Waals surface area contributed by atoms with E-state index in [2.05, 4.69) is 77.7 Å². The maximum absolute atomic E-state index is 10.5. The van der Waals surface area contributed by atoms with Crippen molar-refractivity contribution in [2.45, 2.75) is 145 Å². The van der Waals surface area contributed by atoms with Crippen molar-refractivity contribution in [2.75, 3.05) is 0 Å². The van der Waals surface area contributed by atoms with E-state index < -0.39 is 18.4 Å². The summed E-state index contributed by atoms with van der Waals surface area (Å²) in [6.45, 7) is 18.1. The first-order valence-electron chi connectivity index (χ1n) is 14.0. The van der Waals surface area contributed by atoms with E-state index in [1.165, 1.54) is 61.7 Å². The van der Waals surface area contributed by atoms with Gasteiger partial charge >= 0.3 is 188 Å². The molecule has 0 aliphatic carbocycles. The summed E-state index contributed by atoms with van der Waals surface area (Å²) in [7, 11) is 0. The van der Waals surface area contributed by atoms with E-state index in [-0.39, 0.29) is 6.10 Å². The molecule has 1 unspecified atom stereocenters. The van der Waals surface area contributed by atoms with Crippen LogP contribution in [-0.4, -0.2) is 29.6 Å². The van der Waals surface area contributed by atoms with E-state index in [0.29, 0.717) is 0 Å². The molecule has 33 heavy (non-hydrogen) atoms. The van der Waals surface area contributed by atoms with Gasteiger partial charge in [0.05, 0.1) is 0 Å². The number of aliphatic hydroxyl groups is 1. The van der Waals surface area contributed by atoms with Crippen LogP contribution in [0.4, 0.5) is 0 Å². The van der Waals surface area contributed by atoms with Crippen molar-refractivity contribution in [1.29, 1.82) is 0 Å². The first-order valence-corrected chi connectivity index (χ1v) is 21.7. The van der Waals surface area contributed by atoms with Crippen LogP contribution in [-0.2, 0) is 0 Å². The first-order chi connectivity index (χ1) is 15.7. The van der Waals surface area contributed by atoms with Gasteiger partial charge in [-0.25, -0.2) is 0 Å². The third-order valence-electron chi connectivity index (χ3n) is 6.77. The van der Waals surface area contributed by atoms with Crippen molar-refractivity contribution in [3.05, 3.63) is 44.6 Å². The van der Waals surface area contributed by atoms with E-state index in [4.69, 9.17) is 0 Å². The van der Waals surface area contributed by atoms with Crippen LogP contribution in [0.5, 0.6) is 0 Å². The van der Waals surface area contributed by atoms with Crippen LogP contribution in [0.3, 0.4) is 0 Å². The molecule has 0 rings (SSSR count). The number of rotatable bonds is 19. The standard InChI is InChI=1S/C19H31O.3C4H9.Sn/c1-15(2)9-7-11-17(5)13-19(20)14-18(6)12-8-10-16(3)4;3*1-3-4-2;/h1,10-11,14,19-20H,7-9,12-13H2,2-6H3;3*1,3-4H2,2H3;/b15-1?,17-11+,18-14+;;;;. The van der Waals surface area contributed by atoms with Crippen LogP contribution in [0.25, 0.3) is 0 Å². The summed E-state index contributed by atoms with van der Waals surface area (Å²) in [5, 5.41) is 10.5. The van der Waals surface area contributed by atoms with Crippen LogP contribution < -0.4 is 0 Å². The van der Waals surface area contributed by atoms with Gasteiger partial charge in [0, 0.05) is 0 Å². The number of allylic oxidation sites excluding steroid dienone is 5. The molecule has 0 aromatic carbocycles. The van der Waals surface area contributed by atoms with Crippen LogP contribution in [0.2, 0.25) is 13.3 Å². The SMILES string of the molecule is CCC[CH2][Sn](/[CH]=C(\C)CC/C=C(\C)CC(O)/C=C(\C)CCC=C(C)C)([CH2]CCC)[CH2]CCC. The van der Waals surface area contributed by atoms with E-state index in [1.54, 1.807) is 18.9 Å². The molecular weight excluding hydrogens is 507 g/mol. The number of hydrogen-bond donors (Lipinski definition) is 1. The van der Waals surface area contributed by atoms with Gasteiger partial charge in [-0.3, -0.25) is 0 Å². The van der Waals surface area contributed by atoms with Crippen molar-refractivity contribution < 1.29 is 5.11 Å². The molecule has 0 spiro atoms. The molecule has 0 amide bonds. The average molecular weight is 566 g/mol. The molecule has 1 N–H and O–H groups in total. The van der Waals surface area contributed by atoms with Gasteiger partial charge in [0.2, 0.25) is 0 Å². The fourth-order valence-electron chi connectivity index (χ4n) is 4.79. The average Bonchev–Trinajstić information content (AvgIpc) is 2.74. The van der Waals surface area contributed by atoms with Gasteiger partial charge in [-0.15, -0.1) is 0 Å². The molecule has 192 valence electrons. The van der Waals surface area contributed by atoms with Gasteiger partial charge in [-0.2, -0.15) is 0 Å². The molecule has 0 aromatic rings. The molecule has 1 atom stereocenters. The van der Waals surface area contributed by atoms with Crippen molar-refractivity contribution >= 4 is 18.4 Å². The van der Waals surface area contributed by atoms with Crippen LogP contribution in [0, 0.1) is 0 Å². The van der Waals surface area contributed by atoms with Gasteiger partial charge in [0.25, 0.3) is 0 Å². The van der Waals surface area contributed by atoms with E-state index in [1.807, 2.05) is 0 Å². The van der Waals surface area contributed by atoms with Gasteiger partial charge in [0.1, 0.15) is 0 Å². The third kappa shape index (κ3) is 17.8. The summed E-state index contributed by atoms with van der Waals surface area (Å²) in [5.74, 6) is 0. The molecular formula is C31H58OSn. The van der Waals surface area contributed by atoms with Crippen molar-refractivity contribution in [1.82, 2.24) is 0 Å². The summed E-state index contributed by atoms with van der Waals surface area (Å²) in [4.78, 5) is 0. The quantitative estimate of drug-likeness (QED) is 0.122. The van der Waals surface area contributed by atoms with Crippen molar-refractivity contribution in [2.24, 2.45) is 0 Å². The Bertz CT molecular complexity index is 597. The Morgan fingerprint density at radius 1 is 0.697 bits per heavy atom. The van der Waals surface area contributed by atoms with Crippen LogP contribution in [0.15, 0.2) is 44.6 Å². The Hall–Kier alpha value is -0.281. The molecule has 0 aliphatic heterocycles. The minimum atomic E-state index is -2.17. The van der Waals surface area contributed by atoms with Gasteiger partial charge in [-0.1, -0.05) is 11.6 Å². The third-order valence-corrected chi connectivity index (χ3v) is 21.5. The second kappa shape index (κ2) is 20.0. The second-order valence-corrected chi connectivity index (χ2v) is 23.7. The normalized spacial score (nSPS) is 14.5. The van der Waals surface area contributed by atoms with Crippen LogP contribution in [0.1, 0.15) is 126 Å². The topological polar surface area (TPSA) is 20.2 Å². The Balaban J connectivity index is 4.93. The Labute approximate surface area is 212 Å². The summed E-state index contributed by atoms with van der Waals surface area (Å²) in [6.07, 6.45) is 19.9. The Morgan fingerprint density at radius 2 is 1.18 bits per heavy atom. The Morgan fingerprint density at radius 3 is 1.67 bits per heavy atom. The van der Waals surface area contributed by atoms with Crippen molar-refractivity contribution in [3.63, 3.8) is 0 Å². The first kappa shape index (κ1) is 32.7. The summed E-state index contributed by atoms with van der Waals surface area (Å²) in [5.41, 5.74) is 5.63. The zero-order valence-corrected chi connectivity index (χ0v) is 26.6. The van der Waals surface area contributed by atoms with Gasteiger partial charge < -0.3 is 0 Å². The van der Waals surface area contributed by atoms with Gasteiger partial charge in [0.15, 0.2) is 0 Å². The van der Waals surface area contributed by atoms with Crippen molar-refractivity contribution in [3.8, 4) is 0 Å². The van der Waals surface area contributed by atoms with E-state index in [9.17, 15) is 5.11 Å². The summed E-state index contributed by atoms with van der Waals surface area (Å²) in [6, 6.07) is 0. The predicted molar refractivity (Wildman–Crippen MR) is 155 cm³/mol. The molecule has 0 bridgehead atoms. The summed E-state index contributed by atoms with van der Waals surface area (Å²) < 4.78 is 7.56. The molecule has 0 fully saturated rings. The van der Waals surface area contributed by atoms with Crippen LogP contribution >= 0.6 is 0 Å². The number of aliphatic hydroxyl groups excluding tert-OH is 1. The number of hydrogen-bond acceptors (Lipinski definition) is 1.